The smallest absolute Gasteiger partial charge is 0.255 e. The zero-order valence-corrected chi connectivity index (χ0v) is 13.5. The van der Waals surface area contributed by atoms with Crippen LogP contribution in [0.5, 0.6) is 0 Å². The van der Waals surface area contributed by atoms with Gasteiger partial charge in [0.25, 0.3) is 5.91 Å². The molecule has 20 heavy (non-hydrogen) atoms. The molecule has 2 rings (SSSR count). The van der Waals surface area contributed by atoms with Crippen LogP contribution in [0.4, 0.5) is 10.1 Å². The summed E-state index contributed by atoms with van der Waals surface area (Å²) < 4.78 is 13.6. The molecule has 0 radical (unpaired) electrons. The lowest BCUT2D eigenvalue weighted by Crippen LogP contribution is -2.12. The lowest BCUT2D eigenvalue weighted by atomic mass is 10.2. The van der Waals surface area contributed by atoms with Crippen LogP contribution in [0.25, 0.3) is 0 Å². The molecule has 0 aliphatic carbocycles. The Labute approximate surface area is 138 Å². The van der Waals surface area contributed by atoms with Crippen molar-refractivity contribution in [3.8, 4) is 0 Å². The Kier molecular flexibility index (Phi) is 4.91. The fraction of sp³-hybridized carbons (Fsp3) is 0. The summed E-state index contributed by atoms with van der Waals surface area (Å²) in [6.07, 6.45) is 0. The Bertz CT molecular complexity index is 670. The standard InChI is InChI=1S/C13H6BrCl3FNO/c14-8-3-6(1-2-9(8)15)13(20)19-12-10(16)4-7(18)5-11(12)17/h1-5H,(H,19,20). The number of anilines is 1. The molecular formula is C13H6BrCl3FNO. The number of amides is 1. The lowest BCUT2D eigenvalue weighted by Gasteiger charge is -2.10. The third-order valence-electron chi connectivity index (χ3n) is 2.43. The molecule has 0 fully saturated rings. The second-order valence-electron chi connectivity index (χ2n) is 3.83. The number of halogens is 5. The molecule has 0 atom stereocenters. The first-order valence-corrected chi connectivity index (χ1v) is 7.22. The summed E-state index contributed by atoms with van der Waals surface area (Å²) in [4.78, 5) is 12.1. The number of hydrogen-bond donors (Lipinski definition) is 1. The van der Waals surface area contributed by atoms with Gasteiger partial charge in [0.05, 0.1) is 20.8 Å². The largest absolute Gasteiger partial charge is 0.319 e. The van der Waals surface area contributed by atoms with Crippen LogP contribution in [-0.4, -0.2) is 5.91 Å². The van der Waals surface area contributed by atoms with Crippen molar-refractivity contribution in [2.45, 2.75) is 0 Å². The highest BCUT2D eigenvalue weighted by atomic mass is 79.9. The quantitative estimate of drug-likeness (QED) is 0.682. The van der Waals surface area contributed by atoms with Gasteiger partial charge in [0.2, 0.25) is 0 Å². The van der Waals surface area contributed by atoms with E-state index in [0.29, 0.717) is 15.1 Å². The Morgan fingerprint density at radius 3 is 2.20 bits per heavy atom. The highest BCUT2D eigenvalue weighted by Gasteiger charge is 2.14. The summed E-state index contributed by atoms with van der Waals surface area (Å²) in [6.45, 7) is 0. The van der Waals surface area contributed by atoms with Crippen molar-refractivity contribution in [2.75, 3.05) is 5.32 Å². The van der Waals surface area contributed by atoms with Crippen LogP contribution >= 0.6 is 50.7 Å². The summed E-state index contributed by atoms with van der Waals surface area (Å²) in [5, 5.41) is 3.07. The van der Waals surface area contributed by atoms with Crippen molar-refractivity contribution in [1.82, 2.24) is 0 Å². The van der Waals surface area contributed by atoms with E-state index in [9.17, 15) is 9.18 Å². The molecule has 0 aromatic heterocycles. The molecule has 0 aliphatic heterocycles. The molecule has 0 spiro atoms. The summed E-state index contributed by atoms with van der Waals surface area (Å²) in [5.74, 6) is -1.01. The average molecular weight is 397 g/mol. The van der Waals surface area contributed by atoms with E-state index in [4.69, 9.17) is 34.8 Å². The van der Waals surface area contributed by atoms with Gasteiger partial charge in [-0.1, -0.05) is 34.8 Å². The van der Waals surface area contributed by atoms with Crippen LogP contribution in [0.1, 0.15) is 10.4 Å². The Hall–Kier alpha value is -0.810. The van der Waals surface area contributed by atoms with Crippen LogP contribution < -0.4 is 5.32 Å². The third-order valence-corrected chi connectivity index (χ3v) is 4.24. The van der Waals surface area contributed by atoms with Crippen LogP contribution in [0.3, 0.4) is 0 Å². The van der Waals surface area contributed by atoms with Crippen molar-refractivity contribution in [2.24, 2.45) is 0 Å². The number of carbonyl (C=O) groups excluding carboxylic acids is 1. The molecule has 0 unspecified atom stereocenters. The maximum absolute atomic E-state index is 13.1. The molecular weight excluding hydrogens is 391 g/mol. The maximum atomic E-state index is 13.1. The lowest BCUT2D eigenvalue weighted by molar-refractivity contribution is 0.102. The number of carbonyl (C=O) groups is 1. The molecule has 2 aromatic rings. The zero-order chi connectivity index (χ0) is 14.9. The maximum Gasteiger partial charge on any atom is 0.255 e. The Balaban J connectivity index is 2.30. The molecule has 0 aliphatic rings. The van der Waals surface area contributed by atoms with E-state index in [1.165, 1.54) is 0 Å². The average Bonchev–Trinajstić information content (AvgIpc) is 2.36. The molecule has 2 nitrogen and oxygen atoms in total. The van der Waals surface area contributed by atoms with Crippen molar-refractivity contribution >= 4 is 62.3 Å². The Morgan fingerprint density at radius 1 is 1.05 bits per heavy atom. The van der Waals surface area contributed by atoms with Gasteiger partial charge < -0.3 is 5.32 Å². The third kappa shape index (κ3) is 3.44. The number of rotatable bonds is 2. The van der Waals surface area contributed by atoms with E-state index in [1.54, 1.807) is 18.2 Å². The van der Waals surface area contributed by atoms with Gasteiger partial charge in [-0.3, -0.25) is 4.79 Å². The molecule has 1 N–H and O–H groups in total. The molecule has 0 heterocycles. The second-order valence-corrected chi connectivity index (χ2v) is 5.90. The first-order chi connectivity index (χ1) is 9.38. The van der Waals surface area contributed by atoms with Crippen LogP contribution in [0, 0.1) is 5.82 Å². The van der Waals surface area contributed by atoms with E-state index < -0.39 is 11.7 Å². The summed E-state index contributed by atoms with van der Waals surface area (Å²) >= 11 is 20.8. The summed E-state index contributed by atoms with van der Waals surface area (Å²) in [7, 11) is 0. The van der Waals surface area contributed by atoms with Gasteiger partial charge in [-0.2, -0.15) is 0 Å². The first-order valence-electron chi connectivity index (χ1n) is 5.29. The number of nitrogens with one attached hydrogen (secondary N) is 1. The predicted molar refractivity (Wildman–Crippen MR) is 83.5 cm³/mol. The molecule has 0 saturated heterocycles. The van der Waals surface area contributed by atoms with Gasteiger partial charge in [-0.25, -0.2) is 4.39 Å². The first kappa shape index (κ1) is 15.6. The number of hydrogen-bond acceptors (Lipinski definition) is 1. The monoisotopic (exact) mass is 395 g/mol. The van der Waals surface area contributed by atoms with Crippen molar-refractivity contribution in [3.63, 3.8) is 0 Å². The van der Waals surface area contributed by atoms with E-state index >= 15 is 0 Å². The van der Waals surface area contributed by atoms with E-state index in [1.807, 2.05) is 0 Å². The van der Waals surface area contributed by atoms with E-state index in [2.05, 4.69) is 21.2 Å². The highest BCUT2D eigenvalue weighted by molar-refractivity contribution is 9.10. The van der Waals surface area contributed by atoms with E-state index in [-0.39, 0.29) is 15.7 Å². The summed E-state index contributed by atoms with van der Waals surface area (Å²) in [6, 6.07) is 6.83. The minimum atomic E-state index is -0.577. The van der Waals surface area contributed by atoms with Crippen molar-refractivity contribution in [3.05, 3.63) is 61.3 Å². The fourth-order valence-corrected chi connectivity index (χ4v) is 2.54. The van der Waals surface area contributed by atoms with Gasteiger partial charge >= 0.3 is 0 Å². The molecule has 0 saturated carbocycles. The highest BCUT2D eigenvalue weighted by Crippen LogP contribution is 2.32. The topological polar surface area (TPSA) is 29.1 Å². The fourth-order valence-electron chi connectivity index (χ4n) is 1.48. The van der Waals surface area contributed by atoms with Gasteiger partial charge in [0.15, 0.2) is 0 Å². The van der Waals surface area contributed by atoms with Gasteiger partial charge in [0.1, 0.15) is 5.82 Å². The second kappa shape index (κ2) is 6.31. The van der Waals surface area contributed by atoms with Gasteiger partial charge in [-0.05, 0) is 46.3 Å². The molecule has 0 bridgehead atoms. The molecule has 104 valence electrons. The zero-order valence-electron chi connectivity index (χ0n) is 9.68. The molecule has 1 amide bonds. The minimum Gasteiger partial charge on any atom is -0.319 e. The van der Waals surface area contributed by atoms with Crippen LogP contribution in [-0.2, 0) is 0 Å². The van der Waals surface area contributed by atoms with Gasteiger partial charge in [-0.15, -0.1) is 0 Å². The Morgan fingerprint density at radius 2 is 1.65 bits per heavy atom. The summed E-state index contributed by atoms with van der Waals surface area (Å²) in [5.41, 5.74) is 0.517. The normalized spacial score (nSPS) is 10.4. The van der Waals surface area contributed by atoms with Crippen molar-refractivity contribution < 1.29 is 9.18 Å². The van der Waals surface area contributed by atoms with Crippen molar-refractivity contribution in [1.29, 1.82) is 0 Å². The SMILES string of the molecule is O=C(Nc1c(Cl)cc(F)cc1Cl)c1ccc(Cl)c(Br)c1. The van der Waals surface area contributed by atoms with Gasteiger partial charge in [0, 0.05) is 10.0 Å². The minimum absolute atomic E-state index is 0.0244. The molecule has 2 aromatic carbocycles. The van der Waals surface area contributed by atoms with Crippen LogP contribution in [0.2, 0.25) is 15.1 Å². The molecule has 7 heteroatoms. The van der Waals surface area contributed by atoms with Crippen LogP contribution in [0.15, 0.2) is 34.8 Å². The van der Waals surface area contributed by atoms with E-state index in [0.717, 1.165) is 12.1 Å². The number of benzene rings is 2. The predicted octanol–water partition coefficient (Wildman–Crippen LogP) is 5.80.